The molecule has 1 N–H and O–H groups in total. The molecular weight excluding hydrogens is 236 g/mol. The average molecular weight is 264 g/mol. The van der Waals surface area contributed by atoms with E-state index in [1.165, 1.54) is 18.7 Å². The second kappa shape index (κ2) is 6.58. The molecule has 0 aromatic carbocycles. The summed E-state index contributed by atoms with van der Waals surface area (Å²) < 4.78 is 5.67. The van der Waals surface area contributed by atoms with Crippen LogP contribution < -0.4 is 5.32 Å². The number of nitrogens with one attached hydrogen (secondary N) is 1. The summed E-state index contributed by atoms with van der Waals surface area (Å²) in [6, 6.07) is 2.10. The Morgan fingerprint density at radius 1 is 1.32 bits per heavy atom. The fraction of sp³-hybridized carbons (Fsp3) is 0.750. The van der Waals surface area contributed by atoms with Gasteiger partial charge in [-0.1, -0.05) is 27.7 Å². The summed E-state index contributed by atoms with van der Waals surface area (Å²) in [5.41, 5.74) is 1.31. The van der Waals surface area contributed by atoms with E-state index in [0.717, 1.165) is 37.2 Å². The number of hydrogen-bond donors (Lipinski definition) is 1. The first-order chi connectivity index (χ1) is 9.06. The highest BCUT2D eigenvalue weighted by Crippen LogP contribution is 2.24. The van der Waals surface area contributed by atoms with Crippen LogP contribution in [0.4, 0.5) is 0 Å². The van der Waals surface area contributed by atoms with E-state index in [4.69, 9.17) is 4.42 Å². The van der Waals surface area contributed by atoms with Gasteiger partial charge in [-0.2, -0.15) is 0 Å². The van der Waals surface area contributed by atoms with Crippen molar-refractivity contribution < 1.29 is 4.42 Å². The lowest BCUT2D eigenvalue weighted by molar-refractivity contribution is 0.283. The molecule has 0 saturated carbocycles. The van der Waals surface area contributed by atoms with Crippen molar-refractivity contribution in [2.45, 2.75) is 40.8 Å². The van der Waals surface area contributed by atoms with Gasteiger partial charge in [0.25, 0.3) is 0 Å². The summed E-state index contributed by atoms with van der Waals surface area (Å²) in [6.45, 7) is 14.5. The standard InChI is InChI=1S/C16H28N2O/c1-12(2)7-17-8-15-5-6-19-16(15)11-18-9-13(3)14(4)10-18/h5-6,12-14,17H,7-11H2,1-4H3. The number of nitrogens with zero attached hydrogens (tertiary/aromatic N) is 1. The number of likely N-dealkylation sites (tertiary alicyclic amines) is 1. The summed E-state index contributed by atoms with van der Waals surface area (Å²) in [4.78, 5) is 2.51. The summed E-state index contributed by atoms with van der Waals surface area (Å²) in [5.74, 6) is 3.43. The lowest BCUT2D eigenvalue weighted by atomic mass is 10.0. The highest BCUT2D eigenvalue weighted by molar-refractivity contribution is 5.17. The van der Waals surface area contributed by atoms with Crippen LogP contribution in [0.15, 0.2) is 16.7 Å². The van der Waals surface area contributed by atoms with Crippen molar-refractivity contribution in [1.29, 1.82) is 0 Å². The van der Waals surface area contributed by atoms with Gasteiger partial charge in [0.2, 0.25) is 0 Å². The Morgan fingerprint density at radius 2 is 2.00 bits per heavy atom. The van der Waals surface area contributed by atoms with Crippen molar-refractivity contribution in [3.63, 3.8) is 0 Å². The molecule has 0 amide bonds. The van der Waals surface area contributed by atoms with Crippen LogP contribution in [0, 0.1) is 17.8 Å². The second-order valence-electron chi connectivity index (χ2n) is 6.54. The fourth-order valence-corrected chi connectivity index (χ4v) is 2.74. The Bertz CT molecular complexity index is 376. The number of rotatable bonds is 6. The monoisotopic (exact) mass is 264 g/mol. The SMILES string of the molecule is CC(C)CNCc1ccoc1CN1CC(C)C(C)C1. The molecule has 0 radical (unpaired) electrons. The minimum Gasteiger partial charge on any atom is -0.468 e. The van der Waals surface area contributed by atoms with Gasteiger partial charge in [0.1, 0.15) is 5.76 Å². The molecule has 0 spiro atoms. The Hall–Kier alpha value is -0.800. The van der Waals surface area contributed by atoms with E-state index in [0.29, 0.717) is 5.92 Å². The van der Waals surface area contributed by atoms with Crippen LogP contribution in [-0.4, -0.2) is 24.5 Å². The molecule has 3 heteroatoms. The van der Waals surface area contributed by atoms with Gasteiger partial charge in [0.15, 0.2) is 0 Å². The third-order valence-electron chi connectivity index (χ3n) is 4.14. The van der Waals surface area contributed by atoms with Gasteiger partial charge in [0.05, 0.1) is 12.8 Å². The minimum absolute atomic E-state index is 0.690. The summed E-state index contributed by atoms with van der Waals surface area (Å²) in [6.07, 6.45) is 1.82. The molecule has 2 rings (SSSR count). The van der Waals surface area contributed by atoms with Crippen LogP contribution >= 0.6 is 0 Å². The predicted octanol–water partition coefficient (Wildman–Crippen LogP) is 3.11. The summed E-state index contributed by atoms with van der Waals surface area (Å²) >= 11 is 0. The third-order valence-corrected chi connectivity index (χ3v) is 4.14. The summed E-state index contributed by atoms with van der Waals surface area (Å²) in [7, 11) is 0. The molecule has 108 valence electrons. The van der Waals surface area contributed by atoms with Crippen LogP contribution in [0.3, 0.4) is 0 Å². The van der Waals surface area contributed by atoms with Gasteiger partial charge in [0, 0.05) is 25.2 Å². The molecule has 19 heavy (non-hydrogen) atoms. The Labute approximate surface area is 117 Å². The molecule has 1 aromatic heterocycles. The fourth-order valence-electron chi connectivity index (χ4n) is 2.74. The average Bonchev–Trinajstić information content (AvgIpc) is 2.88. The van der Waals surface area contributed by atoms with Crippen LogP contribution in [-0.2, 0) is 13.1 Å². The maximum absolute atomic E-state index is 5.67. The zero-order chi connectivity index (χ0) is 13.8. The van der Waals surface area contributed by atoms with Crippen LogP contribution in [0.1, 0.15) is 39.0 Å². The van der Waals surface area contributed by atoms with Crippen LogP contribution in [0.25, 0.3) is 0 Å². The normalized spacial score (nSPS) is 24.5. The Balaban J connectivity index is 1.85. The van der Waals surface area contributed by atoms with E-state index in [1.54, 1.807) is 0 Å². The van der Waals surface area contributed by atoms with E-state index in [2.05, 4.69) is 44.0 Å². The van der Waals surface area contributed by atoms with Gasteiger partial charge in [-0.15, -0.1) is 0 Å². The van der Waals surface area contributed by atoms with E-state index >= 15 is 0 Å². The van der Waals surface area contributed by atoms with Crippen molar-refractivity contribution in [1.82, 2.24) is 10.2 Å². The molecule has 1 aliphatic heterocycles. The van der Waals surface area contributed by atoms with Gasteiger partial charge in [-0.25, -0.2) is 0 Å². The highest BCUT2D eigenvalue weighted by atomic mass is 16.3. The predicted molar refractivity (Wildman–Crippen MR) is 78.9 cm³/mol. The zero-order valence-corrected chi connectivity index (χ0v) is 12.8. The number of furan rings is 1. The first kappa shape index (κ1) is 14.6. The molecule has 1 saturated heterocycles. The Kier molecular flexibility index (Phi) is 5.06. The largest absolute Gasteiger partial charge is 0.468 e. The van der Waals surface area contributed by atoms with Crippen molar-refractivity contribution in [2.24, 2.45) is 17.8 Å². The number of hydrogen-bond acceptors (Lipinski definition) is 3. The molecule has 0 bridgehead atoms. The lowest BCUT2D eigenvalue weighted by Gasteiger charge is -2.15. The molecule has 2 atom stereocenters. The summed E-state index contributed by atoms with van der Waals surface area (Å²) in [5, 5.41) is 3.49. The van der Waals surface area contributed by atoms with Gasteiger partial charge >= 0.3 is 0 Å². The minimum atomic E-state index is 0.690. The molecule has 3 nitrogen and oxygen atoms in total. The van der Waals surface area contributed by atoms with E-state index in [1.807, 2.05) is 6.26 Å². The molecular formula is C16H28N2O. The van der Waals surface area contributed by atoms with Crippen LogP contribution in [0.5, 0.6) is 0 Å². The van der Waals surface area contributed by atoms with Crippen molar-refractivity contribution in [2.75, 3.05) is 19.6 Å². The first-order valence-corrected chi connectivity index (χ1v) is 7.54. The quantitative estimate of drug-likeness (QED) is 0.856. The maximum atomic E-state index is 5.67. The van der Waals surface area contributed by atoms with Gasteiger partial charge in [-0.3, -0.25) is 4.90 Å². The molecule has 0 aliphatic carbocycles. The molecule has 2 heterocycles. The topological polar surface area (TPSA) is 28.4 Å². The maximum Gasteiger partial charge on any atom is 0.122 e. The van der Waals surface area contributed by atoms with Gasteiger partial charge < -0.3 is 9.73 Å². The van der Waals surface area contributed by atoms with Crippen molar-refractivity contribution in [3.05, 3.63) is 23.7 Å². The molecule has 2 unspecified atom stereocenters. The van der Waals surface area contributed by atoms with Crippen LogP contribution in [0.2, 0.25) is 0 Å². The highest BCUT2D eigenvalue weighted by Gasteiger charge is 2.26. The molecule has 1 aromatic rings. The Morgan fingerprint density at radius 3 is 2.63 bits per heavy atom. The molecule has 1 aliphatic rings. The van der Waals surface area contributed by atoms with E-state index in [-0.39, 0.29) is 0 Å². The smallest absolute Gasteiger partial charge is 0.122 e. The van der Waals surface area contributed by atoms with Crippen molar-refractivity contribution >= 4 is 0 Å². The first-order valence-electron chi connectivity index (χ1n) is 7.54. The zero-order valence-electron chi connectivity index (χ0n) is 12.8. The molecule has 1 fully saturated rings. The second-order valence-corrected chi connectivity index (χ2v) is 6.54. The van der Waals surface area contributed by atoms with E-state index in [9.17, 15) is 0 Å². The van der Waals surface area contributed by atoms with Crippen molar-refractivity contribution in [3.8, 4) is 0 Å². The lowest BCUT2D eigenvalue weighted by Crippen LogP contribution is -2.22. The van der Waals surface area contributed by atoms with Gasteiger partial charge in [-0.05, 0) is 30.4 Å². The third kappa shape index (κ3) is 4.08. The van der Waals surface area contributed by atoms with E-state index < -0.39 is 0 Å².